The van der Waals surface area contributed by atoms with Crippen molar-refractivity contribution in [3.8, 4) is 16.2 Å². The number of nitrogens with zero attached hydrogens (tertiary/aromatic N) is 1. The molecule has 0 aliphatic rings. The second-order valence-corrected chi connectivity index (χ2v) is 8.55. The maximum atomic E-state index is 14.3. The fraction of sp³-hybridized carbons (Fsp3) is 0.143. The van der Waals surface area contributed by atoms with Gasteiger partial charge in [0.1, 0.15) is 10.8 Å². The van der Waals surface area contributed by atoms with Crippen molar-refractivity contribution in [2.75, 3.05) is 18.6 Å². The van der Waals surface area contributed by atoms with Gasteiger partial charge in [0.25, 0.3) is 5.91 Å². The summed E-state index contributed by atoms with van der Waals surface area (Å²) >= 11 is 13.0. The summed E-state index contributed by atoms with van der Waals surface area (Å²) in [5.41, 5.74) is 5.24. The van der Waals surface area contributed by atoms with Crippen LogP contribution in [-0.4, -0.2) is 31.6 Å². The average molecular weight is 521 g/mol. The first kappa shape index (κ1) is 24.8. The third-order valence-electron chi connectivity index (χ3n) is 4.37. The third kappa shape index (κ3) is 5.58. The van der Waals surface area contributed by atoms with E-state index in [4.69, 9.17) is 33.7 Å². The zero-order chi connectivity index (χ0) is 24.5. The van der Waals surface area contributed by atoms with Gasteiger partial charge in [-0.05, 0) is 30.3 Å². The second kappa shape index (κ2) is 9.58. The number of hydrogen-bond donors (Lipinski definition) is 1. The molecule has 0 aliphatic heterocycles. The lowest BCUT2D eigenvalue weighted by Gasteiger charge is -2.19. The van der Waals surface area contributed by atoms with Gasteiger partial charge in [0.2, 0.25) is 5.91 Å². The van der Waals surface area contributed by atoms with Gasteiger partial charge >= 0.3 is 6.18 Å². The summed E-state index contributed by atoms with van der Waals surface area (Å²) in [7, 11) is 1.24. The van der Waals surface area contributed by atoms with Crippen molar-refractivity contribution < 1.29 is 31.9 Å². The van der Waals surface area contributed by atoms with Gasteiger partial charge < -0.3 is 10.5 Å². The first-order chi connectivity index (χ1) is 15.4. The van der Waals surface area contributed by atoms with E-state index in [2.05, 4.69) is 0 Å². The van der Waals surface area contributed by atoms with Gasteiger partial charge in [-0.2, -0.15) is 13.2 Å². The van der Waals surface area contributed by atoms with Gasteiger partial charge in [-0.15, -0.1) is 11.3 Å². The maximum absolute atomic E-state index is 14.3. The highest BCUT2D eigenvalue weighted by Gasteiger charge is 2.31. The lowest BCUT2D eigenvalue weighted by molar-refractivity contribution is -0.153. The number of ether oxygens (including phenoxy) is 1. The van der Waals surface area contributed by atoms with E-state index in [9.17, 15) is 27.2 Å². The highest BCUT2D eigenvalue weighted by molar-refractivity contribution is 7.20. The van der Waals surface area contributed by atoms with Crippen molar-refractivity contribution >= 4 is 51.4 Å². The topological polar surface area (TPSA) is 72.6 Å². The zero-order valence-electron chi connectivity index (χ0n) is 16.7. The molecule has 0 saturated carbocycles. The number of thiophene rings is 1. The van der Waals surface area contributed by atoms with Crippen LogP contribution >= 0.6 is 34.5 Å². The number of rotatable bonds is 6. The van der Waals surface area contributed by atoms with Gasteiger partial charge in [0.15, 0.2) is 12.4 Å². The normalized spacial score (nSPS) is 11.4. The highest BCUT2D eigenvalue weighted by atomic mass is 35.5. The maximum Gasteiger partial charge on any atom is 0.422 e. The van der Waals surface area contributed by atoms with Crippen LogP contribution in [0.3, 0.4) is 0 Å². The number of carbonyl (C=O) groups is 2. The Labute approximate surface area is 199 Å². The molecule has 0 atom stereocenters. The molecule has 0 fully saturated rings. The van der Waals surface area contributed by atoms with Crippen LogP contribution in [0.2, 0.25) is 10.0 Å². The molecule has 12 heteroatoms. The molecular formula is C21H14Cl2F4N2O3S. The molecule has 2 aromatic carbocycles. The quantitative estimate of drug-likeness (QED) is 0.394. The largest absolute Gasteiger partial charge is 0.481 e. The number of alkyl halides is 3. The second-order valence-electron chi connectivity index (χ2n) is 6.70. The lowest BCUT2D eigenvalue weighted by Crippen LogP contribution is -2.27. The summed E-state index contributed by atoms with van der Waals surface area (Å²) in [4.78, 5) is 25.7. The summed E-state index contributed by atoms with van der Waals surface area (Å²) in [5, 5.41) is -0.0426. The summed E-state index contributed by atoms with van der Waals surface area (Å²) < 4.78 is 57.6. The van der Waals surface area contributed by atoms with Crippen LogP contribution in [0.4, 0.5) is 22.6 Å². The Balaban J connectivity index is 2.10. The Hall–Kier alpha value is -2.82. The fourth-order valence-corrected chi connectivity index (χ4v) is 4.43. The monoisotopic (exact) mass is 520 g/mol. The molecular weight excluding hydrogens is 507 g/mol. The minimum atomic E-state index is -4.65. The van der Waals surface area contributed by atoms with Crippen LogP contribution in [-0.2, 0) is 0 Å². The van der Waals surface area contributed by atoms with Gasteiger partial charge in [-0.1, -0.05) is 29.3 Å². The van der Waals surface area contributed by atoms with E-state index >= 15 is 0 Å². The molecule has 1 heterocycles. The van der Waals surface area contributed by atoms with Crippen LogP contribution in [0.25, 0.3) is 10.4 Å². The first-order valence-electron chi connectivity index (χ1n) is 9.04. The molecule has 174 valence electrons. The number of nitrogens with two attached hydrogens (primary N) is 1. The summed E-state index contributed by atoms with van der Waals surface area (Å²) in [6.07, 6.45) is -4.65. The number of carbonyl (C=O) groups excluding carboxylic acids is 2. The summed E-state index contributed by atoms with van der Waals surface area (Å²) in [6.45, 7) is -1.63. The van der Waals surface area contributed by atoms with Crippen LogP contribution in [0.1, 0.15) is 20.7 Å². The molecule has 0 radical (unpaired) electrons. The van der Waals surface area contributed by atoms with E-state index in [1.807, 2.05) is 0 Å². The molecule has 3 rings (SSSR count). The van der Waals surface area contributed by atoms with Crippen LogP contribution < -0.4 is 15.4 Å². The third-order valence-corrected chi connectivity index (χ3v) is 6.24. The van der Waals surface area contributed by atoms with E-state index < -0.39 is 36.0 Å². The summed E-state index contributed by atoms with van der Waals surface area (Å²) in [6, 6.07) is 9.04. The highest BCUT2D eigenvalue weighted by Crippen LogP contribution is 2.45. The van der Waals surface area contributed by atoms with E-state index in [-0.39, 0.29) is 36.8 Å². The number of primary amides is 1. The number of benzene rings is 2. The number of halogens is 6. The molecule has 2 N–H and O–H groups in total. The van der Waals surface area contributed by atoms with Crippen molar-refractivity contribution in [1.82, 2.24) is 0 Å². The summed E-state index contributed by atoms with van der Waals surface area (Å²) in [5.74, 6) is -2.83. The van der Waals surface area contributed by atoms with E-state index in [1.54, 1.807) is 0 Å². The molecule has 0 unspecified atom stereocenters. The van der Waals surface area contributed by atoms with Crippen LogP contribution in [0, 0.1) is 5.82 Å². The van der Waals surface area contributed by atoms with Crippen molar-refractivity contribution in [3.05, 3.63) is 69.5 Å². The Kier molecular flexibility index (Phi) is 7.20. The Morgan fingerprint density at radius 1 is 1.12 bits per heavy atom. The van der Waals surface area contributed by atoms with Crippen molar-refractivity contribution in [1.29, 1.82) is 0 Å². The molecule has 0 aliphatic carbocycles. The average Bonchev–Trinajstić information content (AvgIpc) is 3.15. The Morgan fingerprint density at radius 2 is 1.82 bits per heavy atom. The molecule has 2 amide bonds. The van der Waals surface area contributed by atoms with E-state index in [0.29, 0.717) is 0 Å². The Bertz CT molecular complexity index is 1210. The Morgan fingerprint density at radius 3 is 2.42 bits per heavy atom. The van der Waals surface area contributed by atoms with Crippen molar-refractivity contribution in [3.63, 3.8) is 0 Å². The smallest absolute Gasteiger partial charge is 0.422 e. The van der Waals surface area contributed by atoms with Gasteiger partial charge in [0.05, 0.1) is 10.6 Å². The molecule has 0 spiro atoms. The van der Waals surface area contributed by atoms with Gasteiger partial charge in [0, 0.05) is 34.1 Å². The van der Waals surface area contributed by atoms with E-state index in [1.165, 1.54) is 43.4 Å². The fourth-order valence-electron chi connectivity index (χ4n) is 2.82. The minimum absolute atomic E-state index is 0.0564. The van der Waals surface area contributed by atoms with E-state index in [0.717, 1.165) is 22.3 Å². The predicted octanol–water partition coefficient (Wildman–Crippen LogP) is 6.18. The SMILES string of the molecule is CN(C(=O)c1c(F)cccc1Cl)c1sc(-c2cc(C(N)=O)ccc2Cl)cc1OCC(F)(F)F. The standard InChI is InChI=1S/C21H14Cl2F4N2O3S/c1-29(19(31)17-13(23)3-2-4-14(17)24)20-15(32-9-21(25,26)27)8-16(33-20)11-7-10(18(28)30)5-6-12(11)22/h2-8H,9H2,1H3,(H2,28,30). The predicted molar refractivity (Wildman–Crippen MR) is 119 cm³/mol. The van der Waals surface area contributed by atoms with Crippen LogP contribution in [0.5, 0.6) is 5.75 Å². The van der Waals surface area contributed by atoms with Crippen LogP contribution in [0.15, 0.2) is 42.5 Å². The molecule has 1 aromatic heterocycles. The molecule has 0 saturated heterocycles. The molecule has 33 heavy (non-hydrogen) atoms. The lowest BCUT2D eigenvalue weighted by atomic mass is 10.1. The van der Waals surface area contributed by atoms with Crippen molar-refractivity contribution in [2.24, 2.45) is 5.73 Å². The number of anilines is 1. The minimum Gasteiger partial charge on any atom is -0.481 e. The zero-order valence-corrected chi connectivity index (χ0v) is 19.0. The first-order valence-corrected chi connectivity index (χ1v) is 10.6. The van der Waals surface area contributed by atoms with Crippen molar-refractivity contribution in [2.45, 2.75) is 6.18 Å². The van der Waals surface area contributed by atoms with Gasteiger partial charge in [-0.25, -0.2) is 4.39 Å². The number of hydrogen-bond acceptors (Lipinski definition) is 4. The van der Waals surface area contributed by atoms with Gasteiger partial charge in [-0.3, -0.25) is 14.5 Å². The molecule has 5 nitrogen and oxygen atoms in total. The number of amides is 2. The molecule has 3 aromatic rings. The molecule has 0 bridgehead atoms.